The molecule has 0 aliphatic carbocycles. The molecule has 4 aromatic rings. The summed E-state index contributed by atoms with van der Waals surface area (Å²) in [7, 11) is 0. The molecule has 1 saturated heterocycles. The van der Waals surface area contributed by atoms with E-state index in [1.54, 1.807) is 0 Å². The number of aliphatic imine (C=N–C) groups is 1. The van der Waals surface area contributed by atoms with Gasteiger partial charge in [-0.25, -0.2) is 9.97 Å². The summed E-state index contributed by atoms with van der Waals surface area (Å²) in [6.07, 6.45) is 5.82. The Hall–Kier alpha value is -3.75. The number of ether oxygens (including phenoxy) is 1. The van der Waals surface area contributed by atoms with Crippen molar-refractivity contribution < 1.29 is 4.74 Å². The molecule has 1 fully saturated rings. The molecule has 4 heterocycles. The van der Waals surface area contributed by atoms with E-state index in [1.807, 2.05) is 23.0 Å². The first-order valence-corrected chi connectivity index (χ1v) is 13.1. The lowest BCUT2D eigenvalue weighted by molar-refractivity contribution is 0.122. The highest BCUT2D eigenvalue weighted by Crippen LogP contribution is 2.29. The monoisotopic (exact) mass is 495 g/mol. The second kappa shape index (κ2) is 10.3. The summed E-state index contributed by atoms with van der Waals surface area (Å²) in [5.41, 5.74) is 8.69. The number of aromatic nitrogens is 3. The third kappa shape index (κ3) is 4.82. The molecule has 8 heteroatoms. The maximum atomic E-state index is 5.48. The lowest BCUT2D eigenvalue weighted by Gasteiger charge is -2.28. The Bertz CT molecular complexity index is 1420. The Morgan fingerprint density at radius 3 is 2.62 bits per heavy atom. The number of anilines is 3. The predicted octanol–water partition coefficient (Wildman–Crippen LogP) is 4.62. The summed E-state index contributed by atoms with van der Waals surface area (Å²) < 4.78 is 7.51. The molecule has 2 aliphatic heterocycles. The van der Waals surface area contributed by atoms with Crippen molar-refractivity contribution in [3.05, 3.63) is 72.2 Å². The van der Waals surface area contributed by atoms with Crippen molar-refractivity contribution in [1.82, 2.24) is 19.3 Å². The van der Waals surface area contributed by atoms with Gasteiger partial charge in [0.25, 0.3) is 0 Å². The first kappa shape index (κ1) is 23.6. The minimum atomic E-state index is 0.730. The minimum absolute atomic E-state index is 0.730. The van der Waals surface area contributed by atoms with Crippen LogP contribution in [-0.2, 0) is 11.3 Å². The average Bonchev–Trinajstić information content (AvgIpc) is 3.59. The maximum Gasteiger partial charge on any atom is 0.180 e. The second-order valence-electron chi connectivity index (χ2n) is 9.50. The van der Waals surface area contributed by atoms with Crippen LogP contribution in [0.5, 0.6) is 0 Å². The van der Waals surface area contributed by atoms with E-state index in [-0.39, 0.29) is 0 Å². The van der Waals surface area contributed by atoms with Crippen LogP contribution in [-0.4, -0.2) is 70.9 Å². The molecule has 0 unspecified atom stereocenters. The largest absolute Gasteiger partial charge is 0.378 e. The summed E-state index contributed by atoms with van der Waals surface area (Å²) in [5, 5.41) is 3.50. The van der Waals surface area contributed by atoms with Crippen molar-refractivity contribution in [2.24, 2.45) is 4.99 Å². The SMILES string of the molecule is CCN(CC)CC1=NCc2cc(-c3cn4ccnc4c(Nc4ccc(N5CCOCC5)cc4)n3)ccc21. The van der Waals surface area contributed by atoms with E-state index in [9.17, 15) is 0 Å². The number of nitrogens with one attached hydrogen (secondary N) is 1. The number of hydrogen-bond donors (Lipinski definition) is 1. The third-order valence-electron chi connectivity index (χ3n) is 7.30. The molecule has 190 valence electrons. The molecular formula is C29H33N7O. The maximum absolute atomic E-state index is 5.48. The Kier molecular flexibility index (Phi) is 6.59. The van der Waals surface area contributed by atoms with Crippen LogP contribution >= 0.6 is 0 Å². The number of rotatable bonds is 8. The molecule has 0 saturated carbocycles. The van der Waals surface area contributed by atoms with Crippen molar-refractivity contribution in [3.8, 4) is 11.3 Å². The molecule has 2 aromatic carbocycles. The number of nitrogens with zero attached hydrogens (tertiary/aromatic N) is 6. The third-order valence-corrected chi connectivity index (χ3v) is 7.30. The van der Waals surface area contributed by atoms with Crippen molar-refractivity contribution in [2.75, 3.05) is 56.2 Å². The van der Waals surface area contributed by atoms with Gasteiger partial charge in [-0.3, -0.25) is 9.89 Å². The summed E-state index contributed by atoms with van der Waals surface area (Å²) in [6, 6.07) is 15.1. The molecule has 0 radical (unpaired) electrons. The van der Waals surface area contributed by atoms with E-state index in [0.717, 1.165) is 80.9 Å². The normalized spacial score (nSPS) is 15.3. The summed E-state index contributed by atoms with van der Waals surface area (Å²) >= 11 is 0. The molecular weight excluding hydrogens is 462 g/mol. The van der Waals surface area contributed by atoms with Crippen LogP contribution in [0.4, 0.5) is 17.2 Å². The zero-order valence-electron chi connectivity index (χ0n) is 21.5. The fraction of sp³-hybridized carbons (Fsp3) is 0.345. The van der Waals surface area contributed by atoms with Crippen LogP contribution in [0.15, 0.2) is 66.0 Å². The van der Waals surface area contributed by atoms with E-state index in [2.05, 4.69) is 76.4 Å². The van der Waals surface area contributed by atoms with Crippen LogP contribution < -0.4 is 10.2 Å². The average molecular weight is 496 g/mol. The van der Waals surface area contributed by atoms with Gasteiger partial charge in [0.15, 0.2) is 11.5 Å². The topological polar surface area (TPSA) is 70.3 Å². The Balaban J connectivity index is 1.26. The molecule has 2 aliphatic rings. The Morgan fingerprint density at radius 1 is 1.03 bits per heavy atom. The molecule has 0 amide bonds. The van der Waals surface area contributed by atoms with Gasteiger partial charge in [0, 0.05) is 60.7 Å². The van der Waals surface area contributed by atoms with E-state index >= 15 is 0 Å². The van der Waals surface area contributed by atoms with Crippen molar-refractivity contribution in [3.63, 3.8) is 0 Å². The van der Waals surface area contributed by atoms with E-state index in [4.69, 9.17) is 14.7 Å². The van der Waals surface area contributed by atoms with Gasteiger partial charge < -0.3 is 19.4 Å². The fourth-order valence-corrected chi connectivity index (χ4v) is 5.09. The Labute approximate surface area is 217 Å². The van der Waals surface area contributed by atoms with Crippen LogP contribution in [0.3, 0.4) is 0 Å². The summed E-state index contributed by atoms with van der Waals surface area (Å²) in [5.74, 6) is 0.737. The summed E-state index contributed by atoms with van der Waals surface area (Å²) in [6.45, 7) is 11.5. The van der Waals surface area contributed by atoms with Crippen LogP contribution in [0.2, 0.25) is 0 Å². The molecule has 1 N–H and O–H groups in total. The number of morpholine rings is 1. The van der Waals surface area contributed by atoms with E-state index in [1.165, 1.54) is 22.5 Å². The van der Waals surface area contributed by atoms with Gasteiger partial charge in [0.05, 0.1) is 31.2 Å². The van der Waals surface area contributed by atoms with Gasteiger partial charge in [-0.05, 0) is 49.0 Å². The van der Waals surface area contributed by atoms with E-state index in [0.29, 0.717) is 0 Å². The van der Waals surface area contributed by atoms with Crippen molar-refractivity contribution >= 4 is 28.6 Å². The molecule has 0 spiro atoms. The highest BCUT2D eigenvalue weighted by molar-refractivity contribution is 6.05. The van der Waals surface area contributed by atoms with Crippen molar-refractivity contribution in [1.29, 1.82) is 0 Å². The van der Waals surface area contributed by atoms with E-state index < -0.39 is 0 Å². The van der Waals surface area contributed by atoms with Gasteiger partial charge in [-0.2, -0.15) is 0 Å². The van der Waals surface area contributed by atoms with Gasteiger partial charge in [0.1, 0.15) is 0 Å². The zero-order valence-corrected chi connectivity index (χ0v) is 21.5. The molecule has 8 nitrogen and oxygen atoms in total. The lowest BCUT2D eigenvalue weighted by Crippen LogP contribution is -2.36. The zero-order chi connectivity index (χ0) is 25.2. The fourth-order valence-electron chi connectivity index (χ4n) is 5.09. The number of likely N-dealkylation sites (N-methyl/N-ethyl adjacent to an activating group) is 1. The minimum Gasteiger partial charge on any atom is -0.378 e. The first-order chi connectivity index (χ1) is 18.2. The van der Waals surface area contributed by atoms with Gasteiger partial charge in [-0.15, -0.1) is 0 Å². The number of benzene rings is 2. The smallest absolute Gasteiger partial charge is 0.180 e. The van der Waals surface area contributed by atoms with Crippen molar-refractivity contribution in [2.45, 2.75) is 20.4 Å². The number of imidazole rings is 1. The van der Waals surface area contributed by atoms with Gasteiger partial charge >= 0.3 is 0 Å². The van der Waals surface area contributed by atoms with Gasteiger partial charge in [-0.1, -0.05) is 26.0 Å². The number of hydrogen-bond acceptors (Lipinski definition) is 7. The highest BCUT2D eigenvalue weighted by Gasteiger charge is 2.19. The Morgan fingerprint density at radius 2 is 1.84 bits per heavy atom. The van der Waals surface area contributed by atoms with Crippen LogP contribution in [0.25, 0.3) is 16.9 Å². The van der Waals surface area contributed by atoms with Crippen LogP contribution in [0.1, 0.15) is 25.0 Å². The molecule has 2 aromatic heterocycles. The molecule has 0 atom stereocenters. The molecule has 6 rings (SSSR count). The van der Waals surface area contributed by atoms with Crippen LogP contribution in [0, 0.1) is 0 Å². The molecule has 37 heavy (non-hydrogen) atoms. The first-order valence-electron chi connectivity index (χ1n) is 13.1. The molecule has 0 bridgehead atoms. The second-order valence-corrected chi connectivity index (χ2v) is 9.50. The standard InChI is InChI=1S/C29H33N7O/c1-3-34(4-2)19-27-25-10-5-21(17-22(25)18-31-27)26-20-36-12-11-30-29(36)28(33-26)32-23-6-8-24(9-7-23)35-13-15-37-16-14-35/h5-12,17,20H,3-4,13-16,18-19H2,1-2H3,(H,32,33). The lowest BCUT2D eigenvalue weighted by atomic mass is 10.0. The number of fused-ring (bicyclic) bond motifs is 2. The highest BCUT2D eigenvalue weighted by atomic mass is 16.5. The van der Waals surface area contributed by atoms with Gasteiger partial charge in [0.2, 0.25) is 0 Å². The summed E-state index contributed by atoms with van der Waals surface area (Å²) in [4.78, 5) is 19.2. The predicted molar refractivity (Wildman–Crippen MR) is 149 cm³/mol. The quantitative estimate of drug-likeness (QED) is 0.385.